The molecule has 0 amide bonds. The van der Waals surface area contributed by atoms with Crippen molar-refractivity contribution >= 4 is 24.0 Å². The number of rotatable bonds is 1. The van der Waals surface area contributed by atoms with Crippen molar-refractivity contribution in [2.24, 2.45) is 7.05 Å². The molecular formula is C11H18I2N2. The molecule has 15 heavy (non-hydrogen) atoms. The Morgan fingerprint density at radius 2 is 2.20 bits per heavy atom. The molecule has 2 nitrogen and oxygen atoms in total. The van der Waals surface area contributed by atoms with Crippen molar-refractivity contribution in [3.05, 3.63) is 30.1 Å². The minimum absolute atomic E-state index is 0. The molecule has 0 N–H and O–H groups in total. The third-order valence-corrected chi connectivity index (χ3v) is 2.87. The van der Waals surface area contributed by atoms with Crippen molar-refractivity contribution in [1.82, 2.24) is 4.90 Å². The second-order valence-corrected chi connectivity index (χ2v) is 3.94. The van der Waals surface area contributed by atoms with Crippen molar-refractivity contribution in [2.45, 2.75) is 18.9 Å². The Hall–Kier alpha value is 0.570. The van der Waals surface area contributed by atoms with Gasteiger partial charge in [0.2, 0.25) is 0 Å². The molecule has 1 aliphatic heterocycles. The number of aryl methyl sites for hydroxylation is 1. The summed E-state index contributed by atoms with van der Waals surface area (Å²) in [5.41, 5.74) is 1.45. The van der Waals surface area contributed by atoms with Crippen molar-refractivity contribution in [3.8, 4) is 0 Å². The summed E-state index contributed by atoms with van der Waals surface area (Å²) in [6, 6.07) is 5.00. The van der Waals surface area contributed by atoms with Crippen LogP contribution in [-0.2, 0) is 7.05 Å². The topological polar surface area (TPSA) is 7.12 Å². The Morgan fingerprint density at radius 1 is 1.47 bits per heavy atom. The van der Waals surface area contributed by atoms with Crippen LogP contribution in [0.1, 0.15) is 24.4 Å². The Bertz CT molecular complexity index is 304. The molecule has 0 spiro atoms. The van der Waals surface area contributed by atoms with Crippen LogP contribution in [0.4, 0.5) is 0 Å². The lowest BCUT2D eigenvalue weighted by atomic mass is 10.1. The number of likely N-dealkylation sites (tertiary alicyclic amines) is 1. The molecule has 0 radical (unpaired) electrons. The molecule has 1 aromatic rings. The van der Waals surface area contributed by atoms with E-state index in [1.54, 1.807) is 0 Å². The normalized spacial score (nSPS) is 20.5. The molecule has 1 fully saturated rings. The lowest BCUT2D eigenvalue weighted by Gasteiger charge is -2.17. The number of aromatic nitrogens is 1. The lowest BCUT2D eigenvalue weighted by Crippen LogP contribution is -3.00. The number of halogens is 2. The molecule has 0 bridgehead atoms. The second kappa shape index (κ2) is 7.01. The van der Waals surface area contributed by atoms with Crippen LogP contribution in [0.3, 0.4) is 0 Å². The predicted molar refractivity (Wildman–Crippen MR) is 67.6 cm³/mol. The van der Waals surface area contributed by atoms with Crippen LogP contribution in [0.15, 0.2) is 24.5 Å². The number of hydrogen-bond acceptors (Lipinski definition) is 1. The van der Waals surface area contributed by atoms with Gasteiger partial charge in [-0.15, -0.1) is 24.0 Å². The maximum Gasteiger partial charge on any atom is 0.173 e. The standard InChI is InChI=1S/C11H17N2.2HI/c1-12-7-3-5-10(9-12)11-6-4-8-13(11)2;;/h3,5,7,9,11H,4,6,8H2,1-2H3;2*1H/q+1;;/p-1. The second-order valence-electron chi connectivity index (χ2n) is 3.94. The third-order valence-electron chi connectivity index (χ3n) is 2.87. The summed E-state index contributed by atoms with van der Waals surface area (Å²) in [7, 11) is 4.29. The fraction of sp³-hybridized carbons (Fsp3) is 0.545. The molecule has 2 heterocycles. The summed E-state index contributed by atoms with van der Waals surface area (Å²) in [6.45, 7) is 1.24. The van der Waals surface area contributed by atoms with E-state index in [1.807, 2.05) is 0 Å². The molecule has 0 saturated carbocycles. The average Bonchev–Trinajstić information content (AvgIpc) is 2.51. The predicted octanol–water partition coefficient (Wildman–Crippen LogP) is -1.10. The van der Waals surface area contributed by atoms with E-state index in [0.29, 0.717) is 6.04 Å². The quantitative estimate of drug-likeness (QED) is 0.404. The largest absolute Gasteiger partial charge is 1.00 e. The first-order chi connectivity index (χ1) is 6.27. The van der Waals surface area contributed by atoms with Gasteiger partial charge in [0.05, 0.1) is 0 Å². The van der Waals surface area contributed by atoms with Gasteiger partial charge >= 0.3 is 0 Å². The van der Waals surface area contributed by atoms with Crippen molar-refractivity contribution in [2.75, 3.05) is 13.6 Å². The molecule has 86 valence electrons. The van der Waals surface area contributed by atoms with Crippen LogP contribution in [-0.4, -0.2) is 18.5 Å². The zero-order valence-electron chi connectivity index (χ0n) is 9.19. The summed E-state index contributed by atoms with van der Waals surface area (Å²) < 4.78 is 2.13. The Balaban J connectivity index is 0.000000980. The number of hydrogen-bond donors (Lipinski definition) is 0. The summed E-state index contributed by atoms with van der Waals surface area (Å²) in [5.74, 6) is 0. The third kappa shape index (κ3) is 3.81. The van der Waals surface area contributed by atoms with E-state index in [9.17, 15) is 0 Å². The molecule has 0 aromatic carbocycles. The zero-order chi connectivity index (χ0) is 9.26. The highest BCUT2D eigenvalue weighted by atomic mass is 127. The van der Waals surface area contributed by atoms with Gasteiger partial charge in [0.1, 0.15) is 7.05 Å². The van der Waals surface area contributed by atoms with E-state index < -0.39 is 0 Å². The van der Waals surface area contributed by atoms with Gasteiger partial charge in [-0.3, -0.25) is 4.90 Å². The van der Waals surface area contributed by atoms with Gasteiger partial charge in [-0.2, -0.15) is 0 Å². The van der Waals surface area contributed by atoms with Crippen LogP contribution >= 0.6 is 24.0 Å². The van der Waals surface area contributed by atoms with Crippen LogP contribution in [0.2, 0.25) is 0 Å². The zero-order valence-corrected chi connectivity index (χ0v) is 13.7. The molecule has 1 atom stereocenters. The van der Waals surface area contributed by atoms with E-state index in [1.165, 1.54) is 24.9 Å². The summed E-state index contributed by atoms with van der Waals surface area (Å²) in [6.07, 6.45) is 6.95. The first kappa shape index (κ1) is 15.6. The Kier molecular flexibility index (Phi) is 7.27. The fourth-order valence-electron chi connectivity index (χ4n) is 2.14. The molecule has 1 aliphatic rings. The molecule has 1 saturated heterocycles. The minimum Gasteiger partial charge on any atom is -1.00 e. The van der Waals surface area contributed by atoms with Gasteiger partial charge in [0.15, 0.2) is 12.4 Å². The van der Waals surface area contributed by atoms with E-state index >= 15 is 0 Å². The molecule has 1 unspecified atom stereocenters. The van der Waals surface area contributed by atoms with Gasteiger partial charge < -0.3 is 24.0 Å². The van der Waals surface area contributed by atoms with E-state index in [4.69, 9.17) is 0 Å². The smallest absolute Gasteiger partial charge is 0.173 e. The summed E-state index contributed by atoms with van der Waals surface area (Å²) in [5, 5.41) is 0. The lowest BCUT2D eigenvalue weighted by molar-refractivity contribution is -0.672. The van der Waals surface area contributed by atoms with E-state index in [2.05, 4.69) is 48.1 Å². The number of nitrogens with zero attached hydrogens (tertiary/aromatic N) is 2. The van der Waals surface area contributed by atoms with Gasteiger partial charge in [-0.25, -0.2) is 4.57 Å². The van der Waals surface area contributed by atoms with Crippen LogP contribution in [0.5, 0.6) is 0 Å². The molecule has 1 aromatic heterocycles. The van der Waals surface area contributed by atoms with E-state index in [0.717, 1.165) is 0 Å². The fourth-order valence-corrected chi connectivity index (χ4v) is 2.14. The Labute approximate surface area is 126 Å². The van der Waals surface area contributed by atoms with Gasteiger partial charge in [-0.05, 0) is 32.5 Å². The van der Waals surface area contributed by atoms with Crippen molar-refractivity contribution < 1.29 is 28.5 Å². The maximum absolute atomic E-state index is 2.44. The van der Waals surface area contributed by atoms with Gasteiger partial charge in [-0.1, -0.05) is 0 Å². The molecular weight excluding hydrogens is 414 g/mol. The molecule has 4 heteroatoms. The van der Waals surface area contributed by atoms with Crippen LogP contribution < -0.4 is 28.5 Å². The van der Waals surface area contributed by atoms with Crippen LogP contribution in [0, 0.1) is 0 Å². The first-order valence-electron chi connectivity index (χ1n) is 4.93. The number of pyridine rings is 1. The SMILES string of the molecule is CN1CCCC1c1ccc[n+](C)c1.I.[I-]. The average molecular weight is 432 g/mol. The summed E-state index contributed by atoms with van der Waals surface area (Å²) in [4.78, 5) is 2.44. The van der Waals surface area contributed by atoms with Gasteiger partial charge in [0.25, 0.3) is 0 Å². The van der Waals surface area contributed by atoms with Crippen molar-refractivity contribution in [1.29, 1.82) is 0 Å². The highest BCUT2D eigenvalue weighted by Crippen LogP contribution is 2.28. The summed E-state index contributed by atoms with van der Waals surface area (Å²) >= 11 is 0. The van der Waals surface area contributed by atoms with Crippen LogP contribution in [0.25, 0.3) is 0 Å². The van der Waals surface area contributed by atoms with Crippen molar-refractivity contribution in [3.63, 3.8) is 0 Å². The monoisotopic (exact) mass is 432 g/mol. The first-order valence-corrected chi connectivity index (χ1v) is 4.93. The Morgan fingerprint density at radius 3 is 2.73 bits per heavy atom. The minimum atomic E-state index is 0. The molecule has 2 rings (SSSR count). The molecule has 0 aliphatic carbocycles. The highest BCUT2D eigenvalue weighted by molar-refractivity contribution is 14.0. The maximum atomic E-state index is 2.44. The van der Waals surface area contributed by atoms with Gasteiger partial charge in [0, 0.05) is 17.7 Å². The van der Waals surface area contributed by atoms with E-state index in [-0.39, 0.29) is 48.0 Å². The highest BCUT2D eigenvalue weighted by Gasteiger charge is 2.23.